The number of carbonyl (C=O) groups excluding carboxylic acids is 1. The molecule has 0 aliphatic rings. The second kappa shape index (κ2) is 3.60. The Labute approximate surface area is 69.5 Å². The minimum absolute atomic E-state index is 0.163. The number of rotatable bonds is 3. The predicted octanol–water partition coefficient (Wildman–Crippen LogP) is 1.18. The van der Waals surface area contributed by atoms with E-state index in [2.05, 4.69) is 11.8 Å². The maximum Gasteiger partial charge on any atom is 0.234 e. The summed E-state index contributed by atoms with van der Waals surface area (Å²) in [5.41, 5.74) is 0.367. The number of carbonyl (C=O) groups is 1. The smallest absolute Gasteiger partial charge is 0.234 e. The highest BCUT2D eigenvalue weighted by Gasteiger charge is 2.23. The molecular formula is C8H14BNO. The van der Waals surface area contributed by atoms with Crippen LogP contribution >= 0.6 is 0 Å². The summed E-state index contributed by atoms with van der Waals surface area (Å²) in [7, 11) is 4.96. The van der Waals surface area contributed by atoms with Gasteiger partial charge in [0, 0.05) is 5.57 Å². The van der Waals surface area contributed by atoms with Gasteiger partial charge >= 0.3 is 0 Å². The van der Waals surface area contributed by atoms with Crippen molar-refractivity contribution in [3.05, 3.63) is 12.2 Å². The van der Waals surface area contributed by atoms with Crippen molar-refractivity contribution in [3.63, 3.8) is 0 Å². The molecule has 0 heterocycles. The maximum atomic E-state index is 11.0. The third kappa shape index (κ3) is 2.41. The maximum absolute atomic E-state index is 11.0. The van der Waals surface area contributed by atoms with Gasteiger partial charge in [-0.1, -0.05) is 27.4 Å². The average Bonchev–Trinajstić information content (AvgIpc) is 2.01. The Morgan fingerprint density at radius 3 is 2.36 bits per heavy atom. The molecule has 0 aromatic carbocycles. The Morgan fingerprint density at radius 2 is 2.09 bits per heavy atom. The Morgan fingerprint density at radius 1 is 1.64 bits per heavy atom. The van der Waals surface area contributed by atoms with Gasteiger partial charge in [0.2, 0.25) is 13.9 Å². The lowest BCUT2D eigenvalue weighted by atomic mass is 9.82. The SMILES string of the molecule is [B]NC(=O)C(=C)C(C)(C)CC. The van der Waals surface area contributed by atoms with Crippen molar-refractivity contribution in [2.45, 2.75) is 27.2 Å². The van der Waals surface area contributed by atoms with Gasteiger partial charge in [-0.2, -0.15) is 0 Å². The van der Waals surface area contributed by atoms with E-state index in [4.69, 9.17) is 7.98 Å². The van der Waals surface area contributed by atoms with Crippen LogP contribution in [-0.4, -0.2) is 13.9 Å². The van der Waals surface area contributed by atoms with E-state index in [1.807, 2.05) is 20.8 Å². The van der Waals surface area contributed by atoms with Crippen LogP contribution in [0.4, 0.5) is 0 Å². The van der Waals surface area contributed by atoms with Crippen LogP contribution in [0, 0.1) is 5.41 Å². The Bertz CT molecular complexity index is 175. The first-order chi connectivity index (χ1) is 4.95. The monoisotopic (exact) mass is 151 g/mol. The van der Waals surface area contributed by atoms with E-state index in [0.29, 0.717) is 5.57 Å². The van der Waals surface area contributed by atoms with E-state index in [-0.39, 0.29) is 11.3 Å². The van der Waals surface area contributed by atoms with Gasteiger partial charge in [-0.05, 0) is 11.8 Å². The Balaban J connectivity index is 4.36. The van der Waals surface area contributed by atoms with Gasteiger partial charge in [-0.3, -0.25) is 4.79 Å². The molecule has 0 rings (SSSR count). The average molecular weight is 151 g/mol. The van der Waals surface area contributed by atoms with Crippen LogP contribution in [0.5, 0.6) is 0 Å². The van der Waals surface area contributed by atoms with E-state index in [9.17, 15) is 4.79 Å². The fourth-order valence-electron chi connectivity index (χ4n) is 0.608. The molecule has 1 N–H and O–H groups in total. The van der Waals surface area contributed by atoms with Crippen molar-refractivity contribution in [2.24, 2.45) is 5.41 Å². The summed E-state index contributed by atoms with van der Waals surface area (Å²) in [6, 6.07) is 0. The second-order valence-electron chi connectivity index (χ2n) is 3.19. The van der Waals surface area contributed by atoms with Crippen LogP contribution in [0.15, 0.2) is 12.2 Å². The van der Waals surface area contributed by atoms with Crippen LogP contribution in [0.25, 0.3) is 0 Å². The molecular weight excluding hydrogens is 137 g/mol. The first-order valence-corrected chi connectivity index (χ1v) is 3.66. The molecule has 0 atom stereocenters. The molecule has 2 radical (unpaired) electrons. The molecule has 60 valence electrons. The van der Waals surface area contributed by atoms with Crippen LogP contribution in [0.2, 0.25) is 0 Å². The van der Waals surface area contributed by atoms with Crippen LogP contribution in [0.3, 0.4) is 0 Å². The molecule has 0 spiro atoms. The van der Waals surface area contributed by atoms with Gasteiger partial charge in [0.1, 0.15) is 0 Å². The fraction of sp³-hybridized carbons (Fsp3) is 0.625. The van der Waals surface area contributed by atoms with Crippen LogP contribution in [0.1, 0.15) is 27.2 Å². The second-order valence-corrected chi connectivity index (χ2v) is 3.19. The minimum Gasteiger partial charge on any atom is -0.405 e. The van der Waals surface area contributed by atoms with Crippen molar-refractivity contribution in [2.75, 3.05) is 0 Å². The first kappa shape index (κ1) is 10.3. The molecule has 0 aromatic heterocycles. The lowest BCUT2D eigenvalue weighted by Crippen LogP contribution is -2.29. The van der Waals surface area contributed by atoms with Crippen molar-refractivity contribution in [1.82, 2.24) is 5.23 Å². The highest BCUT2D eigenvalue weighted by atomic mass is 16.1. The zero-order chi connectivity index (χ0) is 9.07. The third-order valence-corrected chi connectivity index (χ3v) is 2.11. The van der Waals surface area contributed by atoms with Gasteiger partial charge < -0.3 is 5.23 Å². The standard InChI is InChI=1S/C8H14BNO/c1-5-8(3,4)6(2)7(11)10-9/h2,5H2,1,3-4H3,(H,10,11). The number of amides is 1. The molecule has 0 aromatic rings. The van der Waals surface area contributed by atoms with Gasteiger partial charge in [-0.25, -0.2) is 0 Å². The molecule has 0 bridgehead atoms. The number of hydrogen-bond donors (Lipinski definition) is 1. The zero-order valence-corrected chi connectivity index (χ0v) is 7.40. The van der Waals surface area contributed by atoms with Crippen molar-refractivity contribution in [3.8, 4) is 0 Å². The Hall–Kier alpha value is -0.725. The Kier molecular flexibility index (Phi) is 3.37. The van der Waals surface area contributed by atoms with E-state index >= 15 is 0 Å². The summed E-state index contributed by atoms with van der Waals surface area (Å²) >= 11 is 0. The number of hydrogen-bond acceptors (Lipinski definition) is 1. The summed E-state index contributed by atoms with van der Waals surface area (Å²) in [5.74, 6) is -0.281. The molecule has 0 aliphatic heterocycles. The molecule has 1 amide bonds. The van der Waals surface area contributed by atoms with E-state index in [0.717, 1.165) is 6.42 Å². The third-order valence-electron chi connectivity index (χ3n) is 2.11. The minimum atomic E-state index is -0.281. The first-order valence-electron chi connectivity index (χ1n) is 3.66. The molecule has 3 heteroatoms. The van der Waals surface area contributed by atoms with E-state index in [1.165, 1.54) is 0 Å². The van der Waals surface area contributed by atoms with Gasteiger partial charge in [0.25, 0.3) is 0 Å². The molecule has 0 aliphatic carbocycles. The highest BCUT2D eigenvalue weighted by molar-refractivity contribution is 6.18. The topological polar surface area (TPSA) is 29.1 Å². The predicted molar refractivity (Wildman–Crippen MR) is 47.1 cm³/mol. The summed E-state index contributed by atoms with van der Waals surface area (Å²) in [4.78, 5) is 11.0. The fourth-order valence-corrected chi connectivity index (χ4v) is 0.608. The zero-order valence-electron chi connectivity index (χ0n) is 7.40. The van der Waals surface area contributed by atoms with E-state index in [1.54, 1.807) is 0 Å². The molecule has 0 unspecified atom stereocenters. The quantitative estimate of drug-likeness (QED) is 0.476. The van der Waals surface area contributed by atoms with Crippen LogP contribution in [-0.2, 0) is 4.79 Å². The van der Waals surface area contributed by atoms with E-state index < -0.39 is 0 Å². The van der Waals surface area contributed by atoms with Crippen molar-refractivity contribution < 1.29 is 4.79 Å². The lowest BCUT2D eigenvalue weighted by Gasteiger charge is -2.24. The molecule has 0 saturated carbocycles. The molecule has 2 nitrogen and oxygen atoms in total. The van der Waals surface area contributed by atoms with Gasteiger partial charge in [0.05, 0.1) is 0 Å². The molecule has 11 heavy (non-hydrogen) atoms. The number of nitrogens with one attached hydrogen (secondary N) is 1. The molecule has 0 saturated heterocycles. The summed E-state index contributed by atoms with van der Waals surface area (Å²) in [6.45, 7) is 9.61. The summed E-state index contributed by atoms with van der Waals surface area (Å²) in [5, 5.41) is 2.07. The van der Waals surface area contributed by atoms with Crippen molar-refractivity contribution in [1.29, 1.82) is 0 Å². The highest BCUT2D eigenvalue weighted by Crippen LogP contribution is 2.28. The van der Waals surface area contributed by atoms with Crippen molar-refractivity contribution >= 4 is 13.9 Å². The largest absolute Gasteiger partial charge is 0.405 e. The summed E-state index contributed by atoms with van der Waals surface area (Å²) < 4.78 is 0. The normalized spacial score (nSPS) is 10.8. The van der Waals surface area contributed by atoms with Gasteiger partial charge in [-0.15, -0.1) is 0 Å². The summed E-state index contributed by atoms with van der Waals surface area (Å²) in [6.07, 6.45) is 0.874. The van der Waals surface area contributed by atoms with Crippen LogP contribution < -0.4 is 5.23 Å². The molecule has 0 fully saturated rings. The van der Waals surface area contributed by atoms with Gasteiger partial charge in [0.15, 0.2) is 0 Å². The lowest BCUT2D eigenvalue weighted by molar-refractivity contribution is -0.116.